The maximum atomic E-state index is 6.14. The van der Waals surface area contributed by atoms with Crippen LogP contribution in [0, 0.1) is 0 Å². The zero-order valence-corrected chi connectivity index (χ0v) is 11.4. The van der Waals surface area contributed by atoms with Gasteiger partial charge < -0.3 is 10.5 Å². The van der Waals surface area contributed by atoms with Gasteiger partial charge in [-0.1, -0.05) is 28.1 Å². The average molecular weight is 284 g/mol. The maximum absolute atomic E-state index is 6.14. The molecule has 0 bridgehead atoms. The van der Waals surface area contributed by atoms with E-state index in [0.29, 0.717) is 6.61 Å². The molecule has 0 spiro atoms. The van der Waals surface area contributed by atoms with Crippen LogP contribution < -0.4 is 5.73 Å². The summed E-state index contributed by atoms with van der Waals surface area (Å²) < 4.78 is 6.43. The molecule has 88 valence electrons. The molecule has 1 atom stereocenters. The highest BCUT2D eigenvalue weighted by atomic mass is 79.9. The lowest BCUT2D eigenvalue weighted by atomic mass is 9.86. The Morgan fingerprint density at radius 3 is 2.69 bits per heavy atom. The minimum atomic E-state index is 0.175. The Kier molecular flexibility index (Phi) is 3.38. The summed E-state index contributed by atoms with van der Waals surface area (Å²) in [4.78, 5) is 0. The van der Waals surface area contributed by atoms with Crippen LogP contribution in [0.5, 0.6) is 0 Å². The normalized spacial score (nSPS) is 19.5. The van der Waals surface area contributed by atoms with Crippen LogP contribution in [-0.2, 0) is 16.8 Å². The SMILES string of the molecule is COCc1cccc(Br)c1C1(C(C)N)CC1. The topological polar surface area (TPSA) is 35.2 Å². The molecule has 2 rings (SSSR count). The first-order chi connectivity index (χ1) is 7.62. The quantitative estimate of drug-likeness (QED) is 0.922. The number of nitrogens with two attached hydrogens (primary N) is 1. The molecule has 0 aliphatic heterocycles. The van der Waals surface area contributed by atoms with Crippen molar-refractivity contribution < 1.29 is 4.74 Å². The Bertz CT molecular complexity index is 386. The van der Waals surface area contributed by atoms with Crippen LogP contribution in [0.1, 0.15) is 30.9 Å². The minimum absolute atomic E-state index is 0.175. The third-order valence-corrected chi connectivity index (χ3v) is 4.22. The molecule has 1 aromatic rings. The summed E-state index contributed by atoms with van der Waals surface area (Å²) >= 11 is 3.65. The van der Waals surface area contributed by atoms with Gasteiger partial charge in [-0.2, -0.15) is 0 Å². The highest BCUT2D eigenvalue weighted by molar-refractivity contribution is 9.10. The van der Waals surface area contributed by atoms with Crippen molar-refractivity contribution >= 4 is 15.9 Å². The number of hydrogen-bond acceptors (Lipinski definition) is 2. The summed E-state index contributed by atoms with van der Waals surface area (Å²) in [7, 11) is 1.73. The van der Waals surface area contributed by atoms with Gasteiger partial charge >= 0.3 is 0 Å². The summed E-state index contributed by atoms with van der Waals surface area (Å²) in [6, 6.07) is 6.48. The number of halogens is 1. The Balaban J connectivity index is 2.46. The summed E-state index contributed by atoms with van der Waals surface area (Å²) in [5.41, 5.74) is 8.92. The summed E-state index contributed by atoms with van der Waals surface area (Å²) in [6.45, 7) is 2.76. The van der Waals surface area contributed by atoms with E-state index in [2.05, 4.69) is 41.1 Å². The van der Waals surface area contributed by atoms with Gasteiger partial charge in [-0.25, -0.2) is 0 Å². The fourth-order valence-electron chi connectivity index (χ4n) is 2.47. The number of rotatable bonds is 4. The van der Waals surface area contributed by atoms with Gasteiger partial charge in [0.15, 0.2) is 0 Å². The van der Waals surface area contributed by atoms with Crippen LogP contribution in [0.3, 0.4) is 0 Å². The van der Waals surface area contributed by atoms with Crippen molar-refractivity contribution in [3.63, 3.8) is 0 Å². The second-order valence-electron chi connectivity index (χ2n) is 4.65. The zero-order valence-electron chi connectivity index (χ0n) is 9.79. The van der Waals surface area contributed by atoms with E-state index in [1.165, 1.54) is 24.0 Å². The molecule has 0 radical (unpaired) electrons. The van der Waals surface area contributed by atoms with E-state index in [1.807, 2.05) is 0 Å². The van der Waals surface area contributed by atoms with Gasteiger partial charge in [0.1, 0.15) is 0 Å². The van der Waals surface area contributed by atoms with Crippen LogP contribution >= 0.6 is 15.9 Å². The standard InChI is InChI=1S/C13H18BrNO/c1-9(15)13(6-7-13)12-10(8-16-2)4-3-5-11(12)14/h3-5,9H,6-8,15H2,1-2H3. The van der Waals surface area contributed by atoms with Gasteiger partial charge in [-0.15, -0.1) is 0 Å². The van der Waals surface area contributed by atoms with Crippen LogP contribution in [0.2, 0.25) is 0 Å². The lowest BCUT2D eigenvalue weighted by molar-refractivity contribution is 0.183. The van der Waals surface area contributed by atoms with Crippen LogP contribution in [0.4, 0.5) is 0 Å². The molecule has 3 heteroatoms. The number of hydrogen-bond donors (Lipinski definition) is 1. The lowest BCUT2D eigenvalue weighted by Crippen LogP contribution is -2.32. The van der Waals surface area contributed by atoms with Gasteiger partial charge in [0, 0.05) is 23.0 Å². The van der Waals surface area contributed by atoms with Crippen molar-refractivity contribution in [1.29, 1.82) is 0 Å². The van der Waals surface area contributed by atoms with Crippen molar-refractivity contribution in [3.05, 3.63) is 33.8 Å². The molecule has 16 heavy (non-hydrogen) atoms. The summed E-state index contributed by atoms with van der Waals surface area (Å²) in [6.07, 6.45) is 2.37. The largest absolute Gasteiger partial charge is 0.380 e. The van der Waals surface area contributed by atoms with Gasteiger partial charge in [-0.3, -0.25) is 0 Å². The van der Waals surface area contributed by atoms with E-state index in [1.54, 1.807) is 7.11 Å². The van der Waals surface area contributed by atoms with Crippen molar-refractivity contribution in [2.75, 3.05) is 7.11 Å². The summed E-state index contributed by atoms with van der Waals surface area (Å²) in [5, 5.41) is 0. The minimum Gasteiger partial charge on any atom is -0.380 e. The molecule has 0 heterocycles. The Labute approximate surface area is 105 Å². The second kappa shape index (κ2) is 4.47. The van der Waals surface area contributed by atoms with Crippen molar-refractivity contribution in [3.8, 4) is 0 Å². The Morgan fingerprint density at radius 2 is 2.19 bits per heavy atom. The van der Waals surface area contributed by atoms with Gasteiger partial charge in [-0.05, 0) is 37.0 Å². The molecule has 2 nitrogen and oxygen atoms in total. The number of methoxy groups -OCH3 is 1. The molecule has 1 saturated carbocycles. The van der Waals surface area contributed by atoms with Crippen molar-refractivity contribution in [1.82, 2.24) is 0 Å². The molecule has 1 aliphatic rings. The van der Waals surface area contributed by atoms with Crippen molar-refractivity contribution in [2.45, 2.75) is 37.8 Å². The first kappa shape index (κ1) is 12.1. The third kappa shape index (κ3) is 1.92. The highest BCUT2D eigenvalue weighted by Crippen LogP contribution is 2.53. The zero-order chi connectivity index (χ0) is 11.8. The number of ether oxygens (including phenoxy) is 1. The first-order valence-corrected chi connectivity index (χ1v) is 6.43. The fraction of sp³-hybridized carbons (Fsp3) is 0.538. The highest BCUT2D eigenvalue weighted by Gasteiger charge is 2.49. The van der Waals surface area contributed by atoms with Crippen LogP contribution in [-0.4, -0.2) is 13.2 Å². The predicted octanol–water partition coefficient (Wildman–Crippen LogP) is 2.97. The van der Waals surface area contributed by atoms with Crippen molar-refractivity contribution in [2.24, 2.45) is 5.73 Å². The molecular formula is C13H18BrNO. The number of benzene rings is 1. The molecule has 1 fully saturated rings. The van der Waals surface area contributed by atoms with E-state index in [-0.39, 0.29) is 11.5 Å². The molecule has 0 amide bonds. The lowest BCUT2D eigenvalue weighted by Gasteiger charge is -2.24. The molecule has 0 saturated heterocycles. The predicted molar refractivity (Wildman–Crippen MR) is 69.4 cm³/mol. The van der Waals surface area contributed by atoms with Gasteiger partial charge in [0.2, 0.25) is 0 Å². The van der Waals surface area contributed by atoms with Crippen LogP contribution in [0.25, 0.3) is 0 Å². The van der Waals surface area contributed by atoms with E-state index in [9.17, 15) is 0 Å². The maximum Gasteiger partial charge on any atom is 0.0716 e. The molecule has 1 aromatic carbocycles. The van der Waals surface area contributed by atoms with E-state index in [4.69, 9.17) is 10.5 Å². The average Bonchev–Trinajstić information content (AvgIpc) is 2.99. The van der Waals surface area contributed by atoms with Gasteiger partial charge in [0.05, 0.1) is 6.61 Å². The third-order valence-electron chi connectivity index (χ3n) is 3.56. The van der Waals surface area contributed by atoms with Crippen LogP contribution in [0.15, 0.2) is 22.7 Å². The molecule has 2 N–H and O–H groups in total. The van der Waals surface area contributed by atoms with E-state index < -0.39 is 0 Å². The Hall–Kier alpha value is -0.380. The van der Waals surface area contributed by atoms with Gasteiger partial charge in [0.25, 0.3) is 0 Å². The van der Waals surface area contributed by atoms with E-state index in [0.717, 1.165) is 4.47 Å². The second-order valence-corrected chi connectivity index (χ2v) is 5.51. The fourth-order valence-corrected chi connectivity index (χ4v) is 3.27. The monoisotopic (exact) mass is 283 g/mol. The molecule has 0 aromatic heterocycles. The Morgan fingerprint density at radius 1 is 1.50 bits per heavy atom. The smallest absolute Gasteiger partial charge is 0.0716 e. The molecular weight excluding hydrogens is 266 g/mol. The molecule has 1 unspecified atom stereocenters. The molecule has 1 aliphatic carbocycles. The van der Waals surface area contributed by atoms with E-state index >= 15 is 0 Å². The first-order valence-electron chi connectivity index (χ1n) is 5.64. The summed E-state index contributed by atoms with van der Waals surface area (Å²) in [5.74, 6) is 0.